The zero-order valence-electron chi connectivity index (χ0n) is 16.3. The molecule has 0 saturated heterocycles. The molecule has 2 aromatic heterocycles. The molecule has 0 amide bonds. The van der Waals surface area contributed by atoms with Gasteiger partial charge in [-0.2, -0.15) is 8.42 Å². The van der Waals surface area contributed by atoms with Gasteiger partial charge in [-0.1, -0.05) is 10.3 Å². The maximum atomic E-state index is 11.9. The fraction of sp³-hybridized carbons (Fsp3) is 0.368. The van der Waals surface area contributed by atoms with E-state index in [0.717, 1.165) is 15.2 Å². The highest BCUT2D eigenvalue weighted by molar-refractivity contribution is 9.10. The predicted octanol–water partition coefficient (Wildman–Crippen LogP) is 3.42. The number of hydrogen-bond donors (Lipinski definition) is 0. The molecule has 2 aliphatic rings. The predicted molar refractivity (Wildman–Crippen MR) is 120 cm³/mol. The van der Waals surface area contributed by atoms with Crippen LogP contribution in [0.1, 0.15) is 30.7 Å². The molecule has 4 rings (SSSR count). The topological polar surface area (TPSA) is 112 Å². The van der Waals surface area contributed by atoms with Gasteiger partial charge in [0.1, 0.15) is 23.6 Å². The summed E-state index contributed by atoms with van der Waals surface area (Å²) in [6.07, 6.45) is 3.72. The average Bonchev–Trinajstić information content (AvgIpc) is 3.38. The van der Waals surface area contributed by atoms with E-state index in [1.807, 2.05) is 24.3 Å². The normalized spacial score (nSPS) is 21.8. The molecule has 164 valence electrons. The van der Waals surface area contributed by atoms with E-state index in [2.05, 4.69) is 52.1 Å². The van der Waals surface area contributed by atoms with Gasteiger partial charge in [0.05, 0.1) is 17.6 Å². The Morgan fingerprint density at radius 3 is 2.13 bits per heavy atom. The van der Waals surface area contributed by atoms with Crippen molar-refractivity contribution in [3.05, 3.63) is 57.0 Å². The van der Waals surface area contributed by atoms with Crippen molar-refractivity contribution >= 4 is 53.4 Å². The molecule has 0 spiro atoms. The Morgan fingerprint density at radius 2 is 1.58 bits per heavy atom. The highest BCUT2D eigenvalue weighted by atomic mass is 79.9. The lowest BCUT2D eigenvalue weighted by atomic mass is 9.98. The summed E-state index contributed by atoms with van der Waals surface area (Å²) in [5, 5.41) is 8.21. The number of aromatic nitrogens is 2. The largest absolute Gasteiger partial charge is 0.392 e. The molecule has 2 aliphatic heterocycles. The smallest absolute Gasteiger partial charge is 0.264 e. The molecule has 0 aliphatic carbocycles. The van der Waals surface area contributed by atoms with Gasteiger partial charge in [0.15, 0.2) is 6.10 Å². The van der Waals surface area contributed by atoms with Crippen LogP contribution in [0.5, 0.6) is 0 Å². The van der Waals surface area contributed by atoms with E-state index >= 15 is 0 Å². The summed E-state index contributed by atoms with van der Waals surface area (Å²) >= 11 is 6.70. The molecule has 0 saturated carbocycles. The number of pyridine rings is 2. The SMILES string of the molecule is CS(=O)(=O)OC(C[C@@H]1CC(c2ccc(Br)cn2)=NO1)[C@@H]1CC(c2ccc(Br)cn2)=NO1. The Bertz CT molecular complexity index is 1110. The zero-order chi connectivity index (χ0) is 22.0. The highest BCUT2D eigenvalue weighted by Gasteiger charge is 2.37. The van der Waals surface area contributed by atoms with Crippen molar-refractivity contribution < 1.29 is 22.3 Å². The molecular weight excluding hydrogens is 556 g/mol. The van der Waals surface area contributed by atoms with Gasteiger partial charge in [0.25, 0.3) is 10.1 Å². The van der Waals surface area contributed by atoms with Crippen LogP contribution in [0.25, 0.3) is 0 Å². The van der Waals surface area contributed by atoms with Crippen LogP contribution in [0.15, 0.2) is 55.9 Å². The molecule has 9 nitrogen and oxygen atoms in total. The molecule has 31 heavy (non-hydrogen) atoms. The Balaban J connectivity index is 1.42. The quantitative estimate of drug-likeness (QED) is 0.466. The molecule has 4 heterocycles. The Morgan fingerprint density at radius 1 is 1.00 bits per heavy atom. The molecule has 0 bridgehead atoms. The van der Waals surface area contributed by atoms with E-state index in [-0.39, 0.29) is 12.5 Å². The van der Waals surface area contributed by atoms with Gasteiger partial charge in [-0.05, 0) is 56.1 Å². The third-order valence-electron chi connectivity index (χ3n) is 4.68. The molecule has 1 unspecified atom stereocenters. The summed E-state index contributed by atoms with van der Waals surface area (Å²) in [6, 6.07) is 7.37. The van der Waals surface area contributed by atoms with Gasteiger partial charge < -0.3 is 9.68 Å². The lowest BCUT2D eigenvalue weighted by molar-refractivity contribution is -0.0317. The van der Waals surface area contributed by atoms with Crippen molar-refractivity contribution in [3.63, 3.8) is 0 Å². The van der Waals surface area contributed by atoms with Crippen molar-refractivity contribution in [1.82, 2.24) is 9.97 Å². The highest BCUT2D eigenvalue weighted by Crippen LogP contribution is 2.28. The van der Waals surface area contributed by atoms with E-state index in [9.17, 15) is 8.42 Å². The van der Waals surface area contributed by atoms with E-state index in [1.54, 1.807) is 12.4 Å². The summed E-state index contributed by atoms with van der Waals surface area (Å²) in [5.41, 5.74) is 2.69. The van der Waals surface area contributed by atoms with E-state index in [1.165, 1.54) is 0 Å². The second-order valence-electron chi connectivity index (χ2n) is 7.15. The summed E-state index contributed by atoms with van der Waals surface area (Å²) in [6.45, 7) is 0. The third-order valence-corrected chi connectivity index (χ3v) is 6.22. The van der Waals surface area contributed by atoms with Crippen molar-refractivity contribution in [3.8, 4) is 0 Å². The molecule has 0 radical (unpaired) electrons. The van der Waals surface area contributed by atoms with Crippen LogP contribution in [0, 0.1) is 0 Å². The molecule has 3 atom stereocenters. The maximum absolute atomic E-state index is 11.9. The minimum atomic E-state index is -3.72. The Kier molecular flexibility index (Phi) is 6.70. The van der Waals surface area contributed by atoms with Gasteiger partial charge in [0, 0.05) is 40.6 Å². The number of hydrogen-bond acceptors (Lipinski definition) is 9. The second kappa shape index (κ2) is 9.31. The van der Waals surface area contributed by atoms with Crippen molar-refractivity contribution in [1.29, 1.82) is 0 Å². The standard InChI is InChI=1S/C19H18Br2N4O5S/c1-31(26,27)30-19(18-8-17(25-29-18)15-5-3-12(21)10-23-15)7-13-6-16(24-28-13)14-4-2-11(20)9-22-14/h2-5,9-10,13,18-19H,6-8H2,1H3/t13-,18-,19?/m0/s1. The lowest BCUT2D eigenvalue weighted by Gasteiger charge is -2.22. The maximum Gasteiger partial charge on any atom is 0.264 e. The number of halogens is 2. The van der Waals surface area contributed by atoms with Crippen LogP contribution in [0.3, 0.4) is 0 Å². The first-order valence-electron chi connectivity index (χ1n) is 9.34. The third kappa shape index (κ3) is 5.88. The summed E-state index contributed by atoms with van der Waals surface area (Å²) < 4.78 is 30.8. The zero-order valence-corrected chi connectivity index (χ0v) is 20.3. The average molecular weight is 574 g/mol. The van der Waals surface area contributed by atoms with Gasteiger partial charge in [-0.15, -0.1) is 0 Å². The van der Waals surface area contributed by atoms with Gasteiger partial charge in [-0.25, -0.2) is 0 Å². The Labute approximate surface area is 196 Å². The van der Waals surface area contributed by atoms with Gasteiger partial charge in [-0.3, -0.25) is 14.2 Å². The first-order valence-corrected chi connectivity index (χ1v) is 12.7. The monoisotopic (exact) mass is 572 g/mol. The van der Waals surface area contributed by atoms with Crippen LogP contribution >= 0.6 is 31.9 Å². The fourth-order valence-electron chi connectivity index (χ4n) is 3.28. The van der Waals surface area contributed by atoms with Gasteiger partial charge in [0.2, 0.25) is 0 Å². The summed E-state index contributed by atoms with van der Waals surface area (Å²) in [5.74, 6) is 0. The molecular formula is C19H18Br2N4O5S. The molecule has 0 aromatic carbocycles. The number of oxime groups is 2. The minimum Gasteiger partial charge on any atom is -0.392 e. The van der Waals surface area contributed by atoms with E-state index < -0.39 is 22.3 Å². The first-order chi connectivity index (χ1) is 14.8. The first kappa shape index (κ1) is 22.3. The van der Waals surface area contributed by atoms with Crippen LogP contribution in [0.4, 0.5) is 0 Å². The van der Waals surface area contributed by atoms with Crippen LogP contribution in [-0.4, -0.2) is 54.4 Å². The molecule has 12 heteroatoms. The van der Waals surface area contributed by atoms with Crippen molar-refractivity contribution in [2.24, 2.45) is 10.3 Å². The lowest BCUT2D eigenvalue weighted by Crippen LogP contribution is -2.35. The van der Waals surface area contributed by atoms with Crippen LogP contribution in [0.2, 0.25) is 0 Å². The van der Waals surface area contributed by atoms with Crippen LogP contribution in [-0.2, 0) is 24.0 Å². The van der Waals surface area contributed by atoms with E-state index in [0.29, 0.717) is 35.7 Å². The van der Waals surface area contributed by atoms with E-state index in [4.69, 9.17) is 13.9 Å². The molecule has 2 aromatic rings. The number of nitrogens with zero attached hydrogens (tertiary/aromatic N) is 4. The summed E-state index contributed by atoms with van der Waals surface area (Å²) in [7, 11) is -3.72. The van der Waals surface area contributed by atoms with Crippen molar-refractivity contribution in [2.75, 3.05) is 6.26 Å². The molecule has 0 N–H and O–H groups in total. The van der Waals surface area contributed by atoms with Crippen molar-refractivity contribution in [2.45, 2.75) is 37.6 Å². The molecule has 0 fully saturated rings. The Hall–Kier alpha value is -1.89. The second-order valence-corrected chi connectivity index (χ2v) is 10.6. The number of rotatable bonds is 7. The van der Waals surface area contributed by atoms with Gasteiger partial charge >= 0.3 is 0 Å². The van der Waals surface area contributed by atoms with Crippen LogP contribution < -0.4 is 0 Å². The summed E-state index contributed by atoms with van der Waals surface area (Å²) in [4.78, 5) is 19.7. The fourth-order valence-corrected chi connectivity index (χ4v) is 4.40. The minimum absolute atomic E-state index is 0.262.